The normalized spacial score (nSPS) is 18.7. The van der Waals surface area contributed by atoms with E-state index < -0.39 is 0 Å². The molecule has 4 nitrogen and oxygen atoms in total. The van der Waals surface area contributed by atoms with Gasteiger partial charge in [-0.05, 0) is 50.5 Å². The summed E-state index contributed by atoms with van der Waals surface area (Å²) in [5, 5.41) is 3.01. The molecule has 1 aromatic carbocycles. The van der Waals surface area contributed by atoms with Gasteiger partial charge in [0.2, 0.25) is 0 Å². The lowest BCUT2D eigenvalue weighted by molar-refractivity contribution is 0.0712. The van der Waals surface area contributed by atoms with Crippen molar-refractivity contribution in [2.45, 2.75) is 38.8 Å². The highest BCUT2D eigenvalue weighted by Gasteiger charge is 2.24. The third kappa shape index (κ3) is 4.32. The van der Waals surface area contributed by atoms with Gasteiger partial charge >= 0.3 is 0 Å². The SMILES string of the molecule is Cc1cc(C#CCN)cc(C(=O)NC(C)C2CCCO2)c1. The smallest absolute Gasteiger partial charge is 0.251 e. The van der Waals surface area contributed by atoms with Crippen LogP contribution in [0.3, 0.4) is 0 Å². The molecular weight excluding hydrogens is 264 g/mol. The van der Waals surface area contributed by atoms with Crippen molar-refractivity contribution in [2.24, 2.45) is 5.73 Å². The Labute approximate surface area is 126 Å². The van der Waals surface area contributed by atoms with E-state index in [0.717, 1.165) is 30.6 Å². The summed E-state index contributed by atoms with van der Waals surface area (Å²) in [5.41, 5.74) is 7.83. The van der Waals surface area contributed by atoms with E-state index in [1.54, 1.807) is 6.07 Å². The molecule has 1 heterocycles. The molecule has 2 rings (SSSR count). The molecule has 1 saturated heterocycles. The minimum Gasteiger partial charge on any atom is -0.376 e. The van der Waals surface area contributed by atoms with Crippen molar-refractivity contribution < 1.29 is 9.53 Å². The maximum atomic E-state index is 12.4. The standard InChI is InChI=1S/C17H22N2O2/c1-12-9-14(5-3-7-18)11-15(10-12)17(20)19-13(2)16-6-4-8-21-16/h9-11,13,16H,4,6-8,18H2,1-2H3,(H,19,20). The molecule has 0 radical (unpaired) electrons. The highest BCUT2D eigenvalue weighted by Crippen LogP contribution is 2.16. The summed E-state index contributed by atoms with van der Waals surface area (Å²) >= 11 is 0. The van der Waals surface area contributed by atoms with Gasteiger partial charge in [-0.15, -0.1) is 0 Å². The molecule has 112 valence electrons. The van der Waals surface area contributed by atoms with Gasteiger partial charge in [0.15, 0.2) is 0 Å². The Balaban J connectivity index is 2.09. The number of nitrogens with one attached hydrogen (secondary N) is 1. The first-order valence-electron chi connectivity index (χ1n) is 7.33. The van der Waals surface area contributed by atoms with E-state index in [0.29, 0.717) is 12.1 Å². The van der Waals surface area contributed by atoms with E-state index in [2.05, 4.69) is 17.2 Å². The van der Waals surface area contributed by atoms with Crippen molar-refractivity contribution >= 4 is 5.91 Å². The van der Waals surface area contributed by atoms with Crippen molar-refractivity contribution in [3.05, 3.63) is 34.9 Å². The fraction of sp³-hybridized carbons (Fsp3) is 0.471. The maximum absolute atomic E-state index is 12.4. The maximum Gasteiger partial charge on any atom is 0.251 e. The fourth-order valence-corrected chi connectivity index (χ4v) is 2.52. The third-order valence-electron chi connectivity index (χ3n) is 3.56. The van der Waals surface area contributed by atoms with Crippen LogP contribution < -0.4 is 11.1 Å². The molecule has 0 aromatic heterocycles. The number of carbonyl (C=O) groups is 1. The number of nitrogens with two attached hydrogens (primary N) is 1. The second-order valence-electron chi connectivity index (χ2n) is 5.41. The van der Waals surface area contributed by atoms with Crippen LogP contribution >= 0.6 is 0 Å². The van der Waals surface area contributed by atoms with Crippen molar-refractivity contribution in [1.82, 2.24) is 5.32 Å². The van der Waals surface area contributed by atoms with Crippen molar-refractivity contribution in [3.63, 3.8) is 0 Å². The molecule has 2 unspecified atom stereocenters. The molecule has 21 heavy (non-hydrogen) atoms. The Hall–Kier alpha value is -1.83. The van der Waals surface area contributed by atoms with E-state index in [1.165, 1.54) is 0 Å². The van der Waals surface area contributed by atoms with Gasteiger partial charge in [-0.1, -0.05) is 11.8 Å². The molecule has 0 spiro atoms. The highest BCUT2D eigenvalue weighted by atomic mass is 16.5. The molecule has 1 amide bonds. The number of carbonyl (C=O) groups excluding carboxylic acids is 1. The van der Waals surface area contributed by atoms with Crippen LogP contribution in [0.2, 0.25) is 0 Å². The zero-order valence-electron chi connectivity index (χ0n) is 12.6. The van der Waals surface area contributed by atoms with E-state index in [9.17, 15) is 4.79 Å². The van der Waals surface area contributed by atoms with Crippen LogP contribution in [0, 0.1) is 18.8 Å². The minimum absolute atomic E-state index is 0.0130. The van der Waals surface area contributed by atoms with E-state index in [4.69, 9.17) is 10.5 Å². The molecule has 1 aliphatic heterocycles. The number of aryl methyl sites for hydroxylation is 1. The summed E-state index contributed by atoms with van der Waals surface area (Å²) in [4.78, 5) is 12.4. The van der Waals surface area contributed by atoms with Crippen molar-refractivity contribution in [2.75, 3.05) is 13.2 Å². The molecule has 0 saturated carbocycles. The zero-order chi connectivity index (χ0) is 15.2. The van der Waals surface area contributed by atoms with Crippen molar-refractivity contribution in [1.29, 1.82) is 0 Å². The zero-order valence-corrected chi connectivity index (χ0v) is 12.6. The lowest BCUT2D eigenvalue weighted by Crippen LogP contribution is -2.40. The fourth-order valence-electron chi connectivity index (χ4n) is 2.52. The molecule has 3 N–H and O–H groups in total. The van der Waals surface area contributed by atoms with E-state index in [-0.39, 0.29) is 18.1 Å². The summed E-state index contributed by atoms with van der Waals surface area (Å²) in [6.45, 7) is 5.03. The topological polar surface area (TPSA) is 64.4 Å². The van der Waals surface area contributed by atoms with Crippen LogP contribution in [0.15, 0.2) is 18.2 Å². The molecule has 1 aliphatic rings. The quantitative estimate of drug-likeness (QED) is 0.830. The molecule has 0 aliphatic carbocycles. The molecule has 0 bridgehead atoms. The summed E-state index contributed by atoms with van der Waals surface area (Å²) < 4.78 is 5.60. The van der Waals surface area contributed by atoms with Crippen molar-refractivity contribution in [3.8, 4) is 11.8 Å². The van der Waals surface area contributed by atoms with Crippen LogP contribution in [0.25, 0.3) is 0 Å². The Morgan fingerprint density at radius 1 is 1.52 bits per heavy atom. The Kier molecular flexibility index (Phi) is 5.38. The average molecular weight is 286 g/mol. The van der Waals surface area contributed by atoms with Crippen LogP contribution in [0.1, 0.15) is 41.3 Å². The van der Waals surface area contributed by atoms with Crippen LogP contribution in [-0.4, -0.2) is 31.2 Å². The first kappa shape index (κ1) is 15.6. The number of hydrogen-bond donors (Lipinski definition) is 2. The van der Waals surface area contributed by atoms with Gasteiger partial charge in [-0.25, -0.2) is 0 Å². The minimum atomic E-state index is -0.0856. The molecule has 1 aromatic rings. The van der Waals surface area contributed by atoms with Gasteiger partial charge in [0.25, 0.3) is 5.91 Å². The highest BCUT2D eigenvalue weighted by molar-refractivity contribution is 5.95. The number of amides is 1. The van der Waals surface area contributed by atoms with Gasteiger partial charge in [-0.3, -0.25) is 4.79 Å². The first-order valence-corrected chi connectivity index (χ1v) is 7.33. The van der Waals surface area contributed by atoms with E-state index in [1.807, 2.05) is 26.0 Å². The van der Waals surface area contributed by atoms with Gasteiger partial charge in [0, 0.05) is 17.7 Å². The second kappa shape index (κ2) is 7.26. The Morgan fingerprint density at radius 3 is 3.00 bits per heavy atom. The monoisotopic (exact) mass is 286 g/mol. The third-order valence-corrected chi connectivity index (χ3v) is 3.56. The number of benzene rings is 1. The molecule has 4 heteroatoms. The number of hydrogen-bond acceptors (Lipinski definition) is 3. The van der Waals surface area contributed by atoms with Gasteiger partial charge in [-0.2, -0.15) is 0 Å². The molecular formula is C17H22N2O2. The van der Waals surface area contributed by atoms with Gasteiger partial charge in [0.1, 0.15) is 0 Å². The predicted molar refractivity (Wildman–Crippen MR) is 83.0 cm³/mol. The summed E-state index contributed by atoms with van der Waals surface area (Å²) in [6.07, 6.45) is 2.19. The van der Waals surface area contributed by atoms with Crippen LogP contribution in [0.4, 0.5) is 0 Å². The summed E-state index contributed by atoms with van der Waals surface area (Å²) in [6, 6.07) is 5.63. The predicted octanol–water partition coefficient (Wildman–Crippen LogP) is 1.60. The Bertz CT molecular complexity index is 566. The van der Waals surface area contributed by atoms with Gasteiger partial charge < -0.3 is 15.8 Å². The average Bonchev–Trinajstić information content (AvgIpc) is 2.98. The summed E-state index contributed by atoms with van der Waals surface area (Å²) in [5.74, 6) is 5.69. The van der Waals surface area contributed by atoms with Crippen LogP contribution in [-0.2, 0) is 4.74 Å². The van der Waals surface area contributed by atoms with Crippen LogP contribution in [0.5, 0.6) is 0 Å². The Morgan fingerprint density at radius 2 is 2.33 bits per heavy atom. The number of rotatable bonds is 3. The van der Waals surface area contributed by atoms with E-state index >= 15 is 0 Å². The second-order valence-corrected chi connectivity index (χ2v) is 5.41. The largest absolute Gasteiger partial charge is 0.376 e. The lowest BCUT2D eigenvalue weighted by Gasteiger charge is -2.20. The molecule has 1 fully saturated rings. The number of ether oxygens (including phenoxy) is 1. The summed E-state index contributed by atoms with van der Waals surface area (Å²) in [7, 11) is 0. The molecule has 2 atom stereocenters. The van der Waals surface area contributed by atoms with Gasteiger partial charge in [0.05, 0.1) is 18.7 Å². The lowest BCUT2D eigenvalue weighted by atomic mass is 10.0. The first-order chi connectivity index (χ1) is 10.1.